The Morgan fingerprint density at radius 2 is 1.80 bits per heavy atom. The molecule has 0 aromatic heterocycles. The average molecular weight is 570 g/mol. The number of ether oxygens (including phenoxy) is 3. The molecule has 1 aliphatic heterocycles. The van der Waals surface area contributed by atoms with Crippen LogP contribution in [0.2, 0.25) is 0 Å². The van der Waals surface area contributed by atoms with E-state index in [1.165, 1.54) is 32.2 Å². The molecular weight excluding hydrogens is 534 g/mol. The number of carbonyl (C=O) groups excluding carboxylic acids is 3. The second-order valence-electron chi connectivity index (χ2n) is 11.4. The minimum atomic E-state index is -1.99. The van der Waals surface area contributed by atoms with Gasteiger partial charge in [-0.05, 0) is 19.9 Å². The minimum Gasteiger partial charge on any atom is -0.507 e. The summed E-state index contributed by atoms with van der Waals surface area (Å²) in [5.74, 6) is -3.09. The first-order valence-corrected chi connectivity index (χ1v) is 13.6. The van der Waals surface area contributed by atoms with Crippen LogP contribution in [0.1, 0.15) is 89.6 Å². The molecular formula is C30H35NO10. The number of aliphatic hydroxyl groups is 2. The van der Waals surface area contributed by atoms with Crippen LogP contribution in [0.3, 0.4) is 0 Å². The molecule has 11 nitrogen and oxygen atoms in total. The number of ketones is 3. The number of aromatic hydroxyl groups is 2. The Balaban J connectivity index is 1.64. The molecule has 0 amide bonds. The van der Waals surface area contributed by atoms with Crippen LogP contribution in [0, 0.1) is 0 Å². The molecule has 11 heteroatoms. The molecule has 1 saturated heterocycles. The molecule has 5 rings (SSSR count). The molecule has 2 aromatic rings. The van der Waals surface area contributed by atoms with Crippen molar-refractivity contribution in [2.75, 3.05) is 7.11 Å². The molecule has 41 heavy (non-hydrogen) atoms. The van der Waals surface area contributed by atoms with Gasteiger partial charge in [0, 0.05) is 48.0 Å². The van der Waals surface area contributed by atoms with Gasteiger partial charge in [0.1, 0.15) is 22.8 Å². The number of aliphatic hydroxyl groups excluding tert-OH is 1. The SMILES string of the molecule is COc1cccc2c1C(=O)c1c(O)c3c(c(O)c1C2=O)C[C@@](O)(C(C)=O)C[C@@H]3O[C@H]1C[C@H](NC(C)C)[C@H](O)[C@H](C)O1. The fraction of sp³-hybridized carbons (Fsp3) is 0.500. The van der Waals surface area contributed by atoms with Crippen molar-refractivity contribution in [3.63, 3.8) is 0 Å². The maximum Gasteiger partial charge on any atom is 0.202 e. The van der Waals surface area contributed by atoms with Gasteiger partial charge in [-0.1, -0.05) is 26.0 Å². The summed E-state index contributed by atoms with van der Waals surface area (Å²) in [5, 5.41) is 48.3. The summed E-state index contributed by atoms with van der Waals surface area (Å²) >= 11 is 0. The standard InChI is InChI=1S/C30H35NO10/c1-12(2)31-17-9-20(40-13(3)25(17)33)41-19-11-30(38,14(4)32)10-16-22(19)29(37)24-23(27(16)35)26(34)15-7-6-8-18(39-5)21(15)28(24)36/h6-8,12-13,17,19-20,25,31,33,35,37-38H,9-11H2,1-5H3/t13-,17-,19-,20-,25+,30-/m0/s1. The minimum absolute atomic E-state index is 0.00576. The van der Waals surface area contributed by atoms with Crippen LogP contribution in [-0.4, -0.2) is 81.1 Å². The quantitative estimate of drug-likeness (QED) is 0.275. The predicted octanol–water partition coefficient (Wildman–Crippen LogP) is 2.07. The maximum absolute atomic E-state index is 13.7. The van der Waals surface area contributed by atoms with Crippen LogP contribution in [0.25, 0.3) is 0 Å². The lowest BCUT2D eigenvalue weighted by atomic mass is 9.72. The monoisotopic (exact) mass is 569 g/mol. The van der Waals surface area contributed by atoms with Crippen molar-refractivity contribution in [1.29, 1.82) is 0 Å². The van der Waals surface area contributed by atoms with Crippen LogP contribution < -0.4 is 10.1 Å². The molecule has 6 atom stereocenters. The smallest absolute Gasteiger partial charge is 0.202 e. The van der Waals surface area contributed by atoms with E-state index in [0.717, 1.165) is 0 Å². The van der Waals surface area contributed by atoms with Gasteiger partial charge in [-0.3, -0.25) is 14.4 Å². The molecule has 3 aliphatic rings. The summed E-state index contributed by atoms with van der Waals surface area (Å²) in [6, 6.07) is 4.13. The number of benzene rings is 2. The van der Waals surface area contributed by atoms with Crippen LogP contribution >= 0.6 is 0 Å². The third-order valence-electron chi connectivity index (χ3n) is 8.30. The average Bonchev–Trinajstić information content (AvgIpc) is 2.91. The van der Waals surface area contributed by atoms with Gasteiger partial charge in [-0.15, -0.1) is 0 Å². The molecule has 0 bridgehead atoms. The molecule has 220 valence electrons. The summed E-state index contributed by atoms with van der Waals surface area (Å²) in [6.07, 6.45) is -4.11. The molecule has 0 saturated carbocycles. The largest absolute Gasteiger partial charge is 0.507 e. The van der Waals surface area contributed by atoms with Crippen molar-refractivity contribution in [2.24, 2.45) is 0 Å². The highest BCUT2D eigenvalue weighted by Gasteiger charge is 2.49. The fourth-order valence-electron chi connectivity index (χ4n) is 6.22. The predicted molar refractivity (Wildman–Crippen MR) is 144 cm³/mol. The first kappa shape index (κ1) is 29.2. The Bertz CT molecular complexity index is 1440. The Morgan fingerprint density at radius 1 is 1.12 bits per heavy atom. The van der Waals surface area contributed by atoms with Crippen molar-refractivity contribution < 1.29 is 49.0 Å². The number of carbonyl (C=O) groups is 3. The topological polar surface area (TPSA) is 172 Å². The van der Waals surface area contributed by atoms with Crippen LogP contribution in [0.4, 0.5) is 0 Å². The van der Waals surface area contributed by atoms with Gasteiger partial charge < -0.3 is 40.0 Å². The van der Waals surface area contributed by atoms with E-state index in [1.807, 2.05) is 13.8 Å². The highest BCUT2D eigenvalue weighted by Crippen LogP contribution is 2.52. The zero-order chi connectivity index (χ0) is 30.0. The van der Waals surface area contributed by atoms with E-state index < -0.39 is 82.6 Å². The zero-order valence-electron chi connectivity index (χ0n) is 23.6. The molecule has 1 fully saturated rings. The van der Waals surface area contributed by atoms with Crippen molar-refractivity contribution in [3.8, 4) is 17.2 Å². The van der Waals surface area contributed by atoms with Crippen molar-refractivity contribution in [3.05, 3.63) is 51.6 Å². The number of nitrogens with one attached hydrogen (secondary N) is 1. The molecule has 5 N–H and O–H groups in total. The van der Waals surface area contributed by atoms with Crippen molar-refractivity contribution in [1.82, 2.24) is 5.32 Å². The van der Waals surface area contributed by atoms with Crippen molar-refractivity contribution in [2.45, 2.75) is 89.2 Å². The fourth-order valence-corrected chi connectivity index (χ4v) is 6.22. The Kier molecular flexibility index (Phi) is 7.46. The molecule has 2 aromatic carbocycles. The molecule has 0 spiro atoms. The Labute approximate surface area is 237 Å². The zero-order valence-corrected chi connectivity index (χ0v) is 23.6. The number of phenolic OH excluding ortho intramolecular Hbond substituents is 2. The van der Waals surface area contributed by atoms with Crippen molar-refractivity contribution >= 4 is 17.3 Å². The number of hydrogen-bond donors (Lipinski definition) is 5. The van der Waals surface area contributed by atoms with E-state index in [0.29, 0.717) is 0 Å². The van der Waals surface area contributed by atoms with E-state index in [9.17, 15) is 34.8 Å². The van der Waals surface area contributed by atoms with Crippen LogP contribution in [-0.2, 0) is 20.7 Å². The van der Waals surface area contributed by atoms with E-state index in [2.05, 4.69) is 5.32 Å². The van der Waals surface area contributed by atoms with Gasteiger partial charge in [0.05, 0.1) is 42.1 Å². The van der Waals surface area contributed by atoms with E-state index in [1.54, 1.807) is 6.92 Å². The van der Waals surface area contributed by atoms with Crippen LogP contribution in [0.5, 0.6) is 17.2 Å². The lowest BCUT2D eigenvalue weighted by molar-refractivity contribution is -0.250. The van der Waals surface area contributed by atoms with Gasteiger partial charge in [0.2, 0.25) is 5.78 Å². The lowest BCUT2D eigenvalue weighted by Gasteiger charge is -2.43. The number of Topliss-reactive ketones (excluding diaryl/α,β-unsaturated/α-hetero) is 1. The summed E-state index contributed by atoms with van der Waals surface area (Å²) in [5.41, 5.74) is -2.94. The highest BCUT2D eigenvalue weighted by molar-refractivity contribution is 6.31. The Morgan fingerprint density at radius 3 is 2.44 bits per heavy atom. The number of rotatable bonds is 6. The first-order valence-electron chi connectivity index (χ1n) is 13.6. The Hall–Kier alpha value is -3.35. The van der Waals surface area contributed by atoms with Gasteiger partial charge in [-0.25, -0.2) is 0 Å². The third kappa shape index (κ3) is 4.71. The lowest BCUT2D eigenvalue weighted by Crippen LogP contribution is -2.55. The molecule has 0 radical (unpaired) electrons. The number of phenols is 2. The van der Waals surface area contributed by atoms with E-state index in [4.69, 9.17) is 14.2 Å². The normalized spacial score (nSPS) is 29.1. The second kappa shape index (κ2) is 10.5. The van der Waals surface area contributed by atoms with Gasteiger partial charge in [0.15, 0.2) is 17.9 Å². The van der Waals surface area contributed by atoms with E-state index in [-0.39, 0.29) is 46.9 Å². The number of fused-ring (bicyclic) bond motifs is 3. The third-order valence-corrected chi connectivity index (χ3v) is 8.30. The molecule has 2 aliphatic carbocycles. The second-order valence-corrected chi connectivity index (χ2v) is 11.4. The summed E-state index contributed by atoms with van der Waals surface area (Å²) in [4.78, 5) is 39.9. The first-order chi connectivity index (χ1) is 19.3. The molecule has 1 heterocycles. The number of methoxy groups -OCH3 is 1. The number of hydrogen-bond acceptors (Lipinski definition) is 11. The summed E-state index contributed by atoms with van der Waals surface area (Å²) in [6.45, 7) is 6.75. The van der Waals surface area contributed by atoms with Gasteiger partial charge >= 0.3 is 0 Å². The summed E-state index contributed by atoms with van der Waals surface area (Å²) in [7, 11) is 1.35. The van der Waals surface area contributed by atoms with Gasteiger partial charge in [-0.2, -0.15) is 0 Å². The summed E-state index contributed by atoms with van der Waals surface area (Å²) < 4.78 is 17.5. The molecule has 0 unspecified atom stereocenters. The van der Waals surface area contributed by atoms with E-state index >= 15 is 0 Å². The maximum atomic E-state index is 13.7. The van der Waals surface area contributed by atoms with Gasteiger partial charge in [0.25, 0.3) is 0 Å². The highest BCUT2D eigenvalue weighted by atomic mass is 16.7. The van der Waals surface area contributed by atoms with Crippen LogP contribution in [0.15, 0.2) is 18.2 Å².